The third-order valence-electron chi connectivity index (χ3n) is 2.98. The normalized spacial score (nSPS) is 11.7. The Morgan fingerprint density at radius 1 is 1.18 bits per heavy atom. The van der Waals surface area contributed by atoms with Crippen LogP contribution < -0.4 is 10.6 Å². The van der Waals surface area contributed by atoms with Crippen LogP contribution in [-0.4, -0.2) is 37.5 Å². The van der Waals surface area contributed by atoms with E-state index in [2.05, 4.69) is 15.4 Å². The van der Waals surface area contributed by atoms with Crippen LogP contribution >= 0.6 is 0 Å². The first-order chi connectivity index (χ1) is 10.3. The zero-order valence-electron chi connectivity index (χ0n) is 12.7. The summed E-state index contributed by atoms with van der Waals surface area (Å²) in [4.78, 5) is 35.1. The Bertz CT molecular complexity index is 543. The molecule has 0 saturated carbocycles. The highest BCUT2D eigenvalue weighted by Crippen LogP contribution is 2.06. The van der Waals surface area contributed by atoms with Gasteiger partial charge in [0.25, 0.3) is 5.91 Å². The van der Waals surface area contributed by atoms with Gasteiger partial charge in [0.05, 0.1) is 7.11 Å². The van der Waals surface area contributed by atoms with Crippen LogP contribution in [-0.2, 0) is 14.3 Å². The predicted molar refractivity (Wildman–Crippen MR) is 77.5 cm³/mol. The summed E-state index contributed by atoms with van der Waals surface area (Å²) in [6, 6.07) is 4.16. The number of methoxy groups -OCH3 is 1. The van der Waals surface area contributed by atoms with Crippen LogP contribution in [0.3, 0.4) is 0 Å². The summed E-state index contributed by atoms with van der Waals surface area (Å²) in [5, 5.41) is 4.96. The molecule has 0 radical (unpaired) electrons. The van der Waals surface area contributed by atoms with Gasteiger partial charge < -0.3 is 15.4 Å². The molecule has 0 fully saturated rings. The van der Waals surface area contributed by atoms with Crippen LogP contribution in [0.15, 0.2) is 24.3 Å². The SMILES string of the molecule is COC(=O)CNC(=O)[C@@H](NC(=O)c1ccc(F)cc1)C(C)C. The smallest absolute Gasteiger partial charge is 0.325 e. The van der Waals surface area contributed by atoms with Crippen molar-refractivity contribution in [1.29, 1.82) is 0 Å². The fraction of sp³-hybridized carbons (Fsp3) is 0.400. The number of esters is 1. The topological polar surface area (TPSA) is 84.5 Å². The second-order valence-electron chi connectivity index (χ2n) is 5.00. The first kappa shape index (κ1) is 17.6. The zero-order chi connectivity index (χ0) is 16.7. The molecular formula is C15H19FN2O4. The van der Waals surface area contributed by atoms with E-state index in [1.807, 2.05) is 0 Å². The van der Waals surface area contributed by atoms with Gasteiger partial charge >= 0.3 is 5.97 Å². The minimum atomic E-state index is -0.817. The van der Waals surface area contributed by atoms with Crippen molar-refractivity contribution in [3.05, 3.63) is 35.6 Å². The number of ether oxygens (including phenoxy) is 1. The summed E-state index contributed by atoms with van der Waals surface area (Å²) in [5.41, 5.74) is 0.243. The summed E-state index contributed by atoms with van der Waals surface area (Å²) < 4.78 is 17.3. The van der Waals surface area contributed by atoms with Crippen molar-refractivity contribution in [3.8, 4) is 0 Å². The van der Waals surface area contributed by atoms with Gasteiger partial charge in [-0.1, -0.05) is 13.8 Å². The van der Waals surface area contributed by atoms with Crippen molar-refractivity contribution in [2.75, 3.05) is 13.7 Å². The highest BCUT2D eigenvalue weighted by Gasteiger charge is 2.25. The summed E-state index contributed by atoms with van der Waals surface area (Å²) >= 11 is 0. The van der Waals surface area contributed by atoms with Gasteiger partial charge in [0, 0.05) is 5.56 Å². The maximum Gasteiger partial charge on any atom is 0.325 e. The number of rotatable bonds is 6. The highest BCUT2D eigenvalue weighted by molar-refractivity contribution is 5.98. The van der Waals surface area contributed by atoms with Crippen molar-refractivity contribution in [2.45, 2.75) is 19.9 Å². The van der Waals surface area contributed by atoms with E-state index >= 15 is 0 Å². The molecule has 0 aliphatic carbocycles. The lowest BCUT2D eigenvalue weighted by Gasteiger charge is -2.21. The second-order valence-corrected chi connectivity index (χ2v) is 5.00. The van der Waals surface area contributed by atoms with Gasteiger partial charge in [-0.3, -0.25) is 14.4 Å². The van der Waals surface area contributed by atoms with Gasteiger partial charge in [-0.05, 0) is 30.2 Å². The molecule has 1 atom stereocenters. The lowest BCUT2D eigenvalue weighted by atomic mass is 10.0. The van der Waals surface area contributed by atoms with E-state index in [1.165, 1.54) is 19.2 Å². The number of nitrogens with one attached hydrogen (secondary N) is 2. The Morgan fingerprint density at radius 2 is 1.77 bits per heavy atom. The molecule has 2 amide bonds. The molecule has 120 valence electrons. The largest absolute Gasteiger partial charge is 0.468 e. The van der Waals surface area contributed by atoms with E-state index < -0.39 is 29.6 Å². The molecule has 0 heterocycles. The van der Waals surface area contributed by atoms with E-state index in [1.54, 1.807) is 13.8 Å². The van der Waals surface area contributed by atoms with E-state index in [0.717, 1.165) is 12.1 Å². The minimum Gasteiger partial charge on any atom is -0.468 e. The molecule has 7 heteroatoms. The maximum absolute atomic E-state index is 12.8. The zero-order valence-corrected chi connectivity index (χ0v) is 12.7. The molecule has 6 nitrogen and oxygen atoms in total. The van der Waals surface area contributed by atoms with E-state index in [4.69, 9.17) is 0 Å². The van der Waals surface area contributed by atoms with Gasteiger partial charge in [0.2, 0.25) is 5.91 Å². The fourth-order valence-corrected chi connectivity index (χ4v) is 1.70. The molecule has 0 aromatic heterocycles. The third-order valence-corrected chi connectivity index (χ3v) is 2.98. The minimum absolute atomic E-state index is 0.193. The van der Waals surface area contributed by atoms with Gasteiger partial charge in [-0.2, -0.15) is 0 Å². The van der Waals surface area contributed by atoms with Crippen molar-refractivity contribution < 1.29 is 23.5 Å². The van der Waals surface area contributed by atoms with Crippen LogP contribution in [0.5, 0.6) is 0 Å². The Labute approximate surface area is 128 Å². The molecule has 1 aromatic rings. The van der Waals surface area contributed by atoms with Crippen molar-refractivity contribution in [1.82, 2.24) is 10.6 Å². The number of hydrogen-bond acceptors (Lipinski definition) is 4. The average Bonchev–Trinajstić information content (AvgIpc) is 2.49. The van der Waals surface area contributed by atoms with Crippen molar-refractivity contribution in [3.63, 3.8) is 0 Å². The van der Waals surface area contributed by atoms with Crippen LogP contribution in [0, 0.1) is 11.7 Å². The summed E-state index contributed by atoms with van der Waals surface area (Å²) in [6.07, 6.45) is 0. The molecule has 1 aromatic carbocycles. The van der Waals surface area contributed by atoms with Crippen LogP contribution in [0.25, 0.3) is 0 Å². The van der Waals surface area contributed by atoms with E-state index in [-0.39, 0.29) is 18.0 Å². The highest BCUT2D eigenvalue weighted by atomic mass is 19.1. The van der Waals surface area contributed by atoms with E-state index in [9.17, 15) is 18.8 Å². The number of benzene rings is 1. The molecule has 0 saturated heterocycles. The summed E-state index contributed by atoms with van der Waals surface area (Å²) in [7, 11) is 1.21. The molecule has 2 N–H and O–H groups in total. The first-order valence-electron chi connectivity index (χ1n) is 6.76. The Balaban J connectivity index is 2.71. The number of carbonyl (C=O) groups excluding carboxylic acids is 3. The van der Waals surface area contributed by atoms with Crippen LogP contribution in [0.1, 0.15) is 24.2 Å². The van der Waals surface area contributed by atoms with Crippen LogP contribution in [0.4, 0.5) is 4.39 Å². The van der Waals surface area contributed by atoms with Crippen LogP contribution in [0.2, 0.25) is 0 Å². The van der Waals surface area contributed by atoms with Gasteiger partial charge in [-0.25, -0.2) is 4.39 Å². The Hall–Kier alpha value is -2.44. The fourth-order valence-electron chi connectivity index (χ4n) is 1.70. The van der Waals surface area contributed by atoms with Gasteiger partial charge in [0.1, 0.15) is 18.4 Å². The molecular weight excluding hydrogens is 291 g/mol. The molecule has 22 heavy (non-hydrogen) atoms. The van der Waals surface area contributed by atoms with Crippen molar-refractivity contribution in [2.24, 2.45) is 5.92 Å². The Kier molecular flexibility index (Phi) is 6.49. The number of carbonyl (C=O) groups is 3. The molecule has 0 spiro atoms. The molecule has 0 bridgehead atoms. The number of amides is 2. The summed E-state index contributed by atoms with van der Waals surface area (Å²) in [5.74, 6) is -2.21. The molecule has 1 rings (SSSR count). The van der Waals surface area contributed by atoms with E-state index in [0.29, 0.717) is 0 Å². The first-order valence-corrected chi connectivity index (χ1v) is 6.76. The maximum atomic E-state index is 12.8. The molecule has 0 aliphatic heterocycles. The van der Waals surface area contributed by atoms with Gasteiger partial charge in [-0.15, -0.1) is 0 Å². The Morgan fingerprint density at radius 3 is 2.27 bits per heavy atom. The third kappa shape index (κ3) is 5.16. The standard InChI is InChI=1S/C15H19FN2O4/c1-9(2)13(15(21)17-8-12(19)22-3)18-14(20)10-4-6-11(16)7-5-10/h4-7,9,13H,8H2,1-3H3,(H,17,21)(H,18,20)/t13-/m0/s1. The quantitative estimate of drug-likeness (QED) is 0.764. The average molecular weight is 310 g/mol. The number of hydrogen-bond donors (Lipinski definition) is 2. The second kappa shape index (κ2) is 8.11. The van der Waals surface area contributed by atoms with Gasteiger partial charge in [0.15, 0.2) is 0 Å². The number of halogens is 1. The van der Waals surface area contributed by atoms with Crippen molar-refractivity contribution >= 4 is 17.8 Å². The predicted octanol–water partition coefficient (Wildman–Crippen LogP) is 0.869. The summed E-state index contributed by atoms with van der Waals surface area (Å²) in [6.45, 7) is 3.24. The monoisotopic (exact) mass is 310 g/mol. The molecule has 0 aliphatic rings. The lowest BCUT2D eigenvalue weighted by molar-refractivity contribution is -0.141. The molecule has 0 unspecified atom stereocenters. The lowest BCUT2D eigenvalue weighted by Crippen LogP contribution is -2.50.